The maximum absolute atomic E-state index is 12.5. The summed E-state index contributed by atoms with van der Waals surface area (Å²) in [6, 6.07) is 6.65. The standard InChI is InChI=1S/C17H24ClNO/c1-13-6-7-15(11-14(13)2)12-17(20)19-10-4-3-5-16(19)8-9-18/h6-7,11,16H,3-5,8-10,12H2,1-2H3. The lowest BCUT2D eigenvalue weighted by Crippen LogP contribution is -2.44. The van der Waals surface area contributed by atoms with Crippen molar-refractivity contribution in [1.82, 2.24) is 4.90 Å². The van der Waals surface area contributed by atoms with Gasteiger partial charge in [0, 0.05) is 18.5 Å². The van der Waals surface area contributed by atoms with Gasteiger partial charge in [-0.05, 0) is 56.2 Å². The van der Waals surface area contributed by atoms with Gasteiger partial charge in [-0.2, -0.15) is 0 Å². The van der Waals surface area contributed by atoms with Gasteiger partial charge >= 0.3 is 0 Å². The van der Waals surface area contributed by atoms with Crippen LogP contribution in [0.25, 0.3) is 0 Å². The number of aryl methyl sites for hydroxylation is 2. The number of piperidine rings is 1. The van der Waals surface area contributed by atoms with Crippen molar-refractivity contribution < 1.29 is 4.79 Å². The van der Waals surface area contributed by atoms with Crippen LogP contribution in [0.1, 0.15) is 42.4 Å². The number of benzene rings is 1. The summed E-state index contributed by atoms with van der Waals surface area (Å²) in [5.41, 5.74) is 3.65. The predicted octanol–water partition coefficient (Wildman–Crippen LogP) is 3.86. The summed E-state index contributed by atoms with van der Waals surface area (Å²) in [7, 11) is 0. The molecule has 1 heterocycles. The molecule has 1 aliphatic rings. The molecule has 0 bridgehead atoms. The third-order valence-corrected chi connectivity index (χ3v) is 4.53. The molecule has 2 rings (SSSR count). The second-order valence-corrected chi connectivity index (χ2v) is 6.19. The molecule has 0 aliphatic carbocycles. The lowest BCUT2D eigenvalue weighted by Gasteiger charge is -2.35. The lowest BCUT2D eigenvalue weighted by atomic mass is 9.98. The quantitative estimate of drug-likeness (QED) is 0.772. The van der Waals surface area contributed by atoms with Gasteiger partial charge in [0.25, 0.3) is 0 Å². The van der Waals surface area contributed by atoms with Crippen LogP contribution in [0.15, 0.2) is 18.2 Å². The number of likely N-dealkylation sites (tertiary alicyclic amines) is 1. The lowest BCUT2D eigenvalue weighted by molar-refractivity contribution is -0.134. The maximum atomic E-state index is 12.5. The summed E-state index contributed by atoms with van der Waals surface area (Å²) in [5, 5.41) is 0. The Morgan fingerprint density at radius 1 is 1.30 bits per heavy atom. The van der Waals surface area contributed by atoms with E-state index in [2.05, 4.69) is 36.9 Å². The van der Waals surface area contributed by atoms with Crippen molar-refractivity contribution in [2.45, 2.75) is 52.0 Å². The van der Waals surface area contributed by atoms with E-state index in [0.29, 0.717) is 18.3 Å². The number of nitrogens with zero attached hydrogens (tertiary/aromatic N) is 1. The molecule has 0 radical (unpaired) electrons. The largest absolute Gasteiger partial charge is 0.339 e. The molecule has 3 heteroatoms. The van der Waals surface area contributed by atoms with Crippen molar-refractivity contribution in [3.8, 4) is 0 Å². The number of hydrogen-bond acceptors (Lipinski definition) is 1. The highest BCUT2D eigenvalue weighted by atomic mass is 35.5. The van der Waals surface area contributed by atoms with E-state index in [-0.39, 0.29) is 5.91 Å². The molecule has 0 saturated carbocycles. The second-order valence-electron chi connectivity index (χ2n) is 5.81. The molecule has 2 nitrogen and oxygen atoms in total. The molecule has 1 saturated heterocycles. The first kappa shape index (κ1) is 15.4. The summed E-state index contributed by atoms with van der Waals surface area (Å²) < 4.78 is 0. The molecule has 0 aromatic heterocycles. The van der Waals surface area contributed by atoms with Gasteiger partial charge in [-0.25, -0.2) is 0 Å². The molecule has 1 aromatic carbocycles. The van der Waals surface area contributed by atoms with Gasteiger partial charge in [-0.3, -0.25) is 4.79 Å². The maximum Gasteiger partial charge on any atom is 0.227 e. The fourth-order valence-corrected chi connectivity index (χ4v) is 3.20. The first-order valence-corrected chi connectivity index (χ1v) is 8.07. The van der Waals surface area contributed by atoms with Crippen LogP contribution >= 0.6 is 11.6 Å². The number of carbonyl (C=O) groups excluding carboxylic acids is 1. The van der Waals surface area contributed by atoms with Crippen LogP contribution in [0.2, 0.25) is 0 Å². The fourth-order valence-electron chi connectivity index (χ4n) is 2.94. The molecule has 1 unspecified atom stereocenters. The average Bonchev–Trinajstić information content (AvgIpc) is 2.44. The predicted molar refractivity (Wildman–Crippen MR) is 84.3 cm³/mol. The molecule has 0 N–H and O–H groups in total. The van der Waals surface area contributed by atoms with E-state index in [1.807, 2.05) is 0 Å². The molecule has 1 amide bonds. The zero-order valence-corrected chi connectivity index (χ0v) is 13.2. The van der Waals surface area contributed by atoms with Gasteiger partial charge in [-0.15, -0.1) is 11.6 Å². The summed E-state index contributed by atoms with van der Waals surface area (Å²) in [6.07, 6.45) is 4.87. The van der Waals surface area contributed by atoms with E-state index >= 15 is 0 Å². The number of halogens is 1. The highest BCUT2D eigenvalue weighted by molar-refractivity contribution is 6.17. The Balaban J connectivity index is 2.03. The third-order valence-electron chi connectivity index (χ3n) is 4.32. The highest BCUT2D eigenvalue weighted by Gasteiger charge is 2.25. The van der Waals surface area contributed by atoms with Crippen molar-refractivity contribution in [1.29, 1.82) is 0 Å². The SMILES string of the molecule is Cc1ccc(CC(=O)N2CCCCC2CCCl)cc1C. The van der Waals surface area contributed by atoms with Crippen LogP contribution in [0, 0.1) is 13.8 Å². The zero-order valence-electron chi connectivity index (χ0n) is 12.5. The summed E-state index contributed by atoms with van der Waals surface area (Å²) >= 11 is 5.87. The molecular formula is C17H24ClNO. The Labute approximate surface area is 127 Å². The van der Waals surface area contributed by atoms with E-state index in [9.17, 15) is 4.79 Å². The minimum atomic E-state index is 0.253. The Hall–Kier alpha value is -1.02. The van der Waals surface area contributed by atoms with Crippen LogP contribution in [-0.2, 0) is 11.2 Å². The summed E-state index contributed by atoms with van der Waals surface area (Å²) in [6.45, 7) is 5.09. The molecule has 0 spiro atoms. The van der Waals surface area contributed by atoms with E-state index in [4.69, 9.17) is 11.6 Å². The number of carbonyl (C=O) groups is 1. The molecule has 1 aromatic rings. The molecular weight excluding hydrogens is 270 g/mol. The first-order valence-electron chi connectivity index (χ1n) is 7.53. The first-order chi connectivity index (χ1) is 9.61. The molecule has 20 heavy (non-hydrogen) atoms. The molecule has 110 valence electrons. The Kier molecular flexibility index (Phi) is 5.47. The Morgan fingerprint density at radius 2 is 2.10 bits per heavy atom. The smallest absolute Gasteiger partial charge is 0.227 e. The van der Waals surface area contributed by atoms with Crippen LogP contribution in [0.3, 0.4) is 0 Å². The number of alkyl halides is 1. The van der Waals surface area contributed by atoms with Gasteiger partial charge in [0.1, 0.15) is 0 Å². The topological polar surface area (TPSA) is 20.3 Å². The van der Waals surface area contributed by atoms with Gasteiger partial charge in [0.05, 0.1) is 6.42 Å². The zero-order chi connectivity index (χ0) is 14.5. The van der Waals surface area contributed by atoms with E-state index in [1.54, 1.807) is 0 Å². The van der Waals surface area contributed by atoms with Gasteiger partial charge in [0.2, 0.25) is 5.91 Å². The van der Waals surface area contributed by atoms with Crippen molar-refractivity contribution in [2.75, 3.05) is 12.4 Å². The monoisotopic (exact) mass is 293 g/mol. The minimum absolute atomic E-state index is 0.253. The van der Waals surface area contributed by atoms with E-state index in [0.717, 1.165) is 31.4 Å². The summed E-state index contributed by atoms with van der Waals surface area (Å²) in [4.78, 5) is 14.6. The number of hydrogen-bond donors (Lipinski definition) is 0. The van der Waals surface area contributed by atoms with Crippen LogP contribution in [0.4, 0.5) is 0 Å². The van der Waals surface area contributed by atoms with Gasteiger partial charge < -0.3 is 4.90 Å². The van der Waals surface area contributed by atoms with E-state index in [1.165, 1.54) is 17.5 Å². The van der Waals surface area contributed by atoms with Gasteiger partial charge in [0.15, 0.2) is 0 Å². The van der Waals surface area contributed by atoms with Crippen LogP contribution < -0.4 is 0 Å². The second kappa shape index (κ2) is 7.12. The van der Waals surface area contributed by atoms with Gasteiger partial charge in [-0.1, -0.05) is 18.2 Å². The van der Waals surface area contributed by atoms with Crippen molar-refractivity contribution >= 4 is 17.5 Å². The molecule has 1 aliphatic heterocycles. The van der Waals surface area contributed by atoms with E-state index < -0.39 is 0 Å². The third kappa shape index (κ3) is 3.76. The fraction of sp³-hybridized carbons (Fsp3) is 0.588. The molecule has 1 atom stereocenters. The minimum Gasteiger partial charge on any atom is -0.339 e. The van der Waals surface area contributed by atoms with Crippen molar-refractivity contribution in [3.63, 3.8) is 0 Å². The Morgan fingerprint density at radius 3 is 2.80 bits per heavy atom. The van der Waals surface area contributed by atoms with Crippen LogP contribution in [-0.4, -0.2) is 29.3 Å². The normalized spacial score (nSPS) is 19.1. The van der Waals surface area contributed by atoms with Crippen molar-refractivity contribution in [3.05, 3.63) is 34.9 Å². The number of rotatable bonds is 4. The molecule has 1 fully saturated rings. The summed E-state index contributed by atoms with van der Waals surface area (Å²) in [5.74, 6) is 0.890. The number of amides is 1. The highest BCUT2D eigenvalue weighted by Crippen LogP contribution is 2.21. The Bertz CT molecular complexity index is 470. The van der Waals surface area contributed by atoms with Crippen molar-refractivity contribution in [2.24, 2.45) is 0 Å². The van der Waals surface area contributed by atoms with Crippen LogP contribution in [0.5, 0.6) is 0 Å². The average molecular weight is 294 g/mol.